The van der Waals surface area contributed by atoms with E-state index in [1.165, 1.54) is 11.3 Å². The molecule has 0 bridgehead atoms. The first-order valence-electron chi connectivity index (χ1n) is 6.37. The van der Waals surface area contributed by atoms with Gasteiger partial charge >= 0.3 is 0 Å². The minimum Gasteiger partial charge on any atom is -0.591 e. The van der Waals surface area contributed by atoms with Gasteiger partial charge in [0.05, 0.1) is 4.88 Å². The van der Waals surface area contributed by atoms with Crippen molar-refractivity contribution in [1.29, 1.82) is 0 Å². The largest absolute Gasteiger partial charge is 0.591 e. The third kappa shape index (κ3) is 2.90. The van der Waals surface area contributed by atoms with Crippen LogP contribution in [0.15, 0.2) is 22.6 Å². The molecule has 0 saturated heterocycles. The zero-order chi connectivity index (χ0) is 15.1. The summed E-state index contributed by atoms with van der Waals surface area (Å²) in [5, 5.41) is 0.612. The standard InChI is InChI=1S/C15H18FNOS2/c1-9-7-6-8-11-12(16)14(19-13(9)11)10(2)17-20(18)15(3,4)5/h6-8H,1-5H3/b17-10+/t20-/m1/s1. The van der Waals surface area contributed by atoms with Crippen LogP contribution in [0.1, 0.15) is 38.1 Å². The van der Waals surface area contributed by atoms with Gasteiger partial charge in [-0.3, -0.25) is 0 Å². The van der Waals surface area contributed by atoms with Crippen LogP contribution in [-0.4, -0.2) is 15.0 Å². The van der Waals surface area contributed by atoms with Gasteiger partial charge in [0, 0.05) is 10.1 Å². The van der Waals surface area contributed by atoms with Crippen LogP contribution in [0.25, 0.3) is 10.1 Å². The molecule has 1 aromatic heterocycles. The molecule has 0 saturated carbocycles. The Morgan fingerprint density at radius 3 is 2.55 bits per heavy atom. The molecule has 0 spiro atoms. The second-order valence-electron chi connectivity index (χ2n) is 5.73. The number of hydrogen-bond acceptors (Lipinski definition) is 3. The van der Waals surface area contributed by atoms with Crippen LogP contribution in [0.2, 0.25) is 0 Å². The molecule has 1 atom stereocenters. The molecule has 0 fully saturated rings. The van der Waals surface area contributed by atoms with Crippen LogP contribution in [0.5, 0.6) is 0 Å². The fourth-order valence-corrected chi connectivity index (χ4v) is 3.53. The van der Waals surface area contributed by atoms with Crippen molar-refractivity contribution in [3.8, 4) is 0 Å². The Labute approximate surface area is 126 Å². The molecule has 0 aliphatic heterocycles. The van der Waals surface area contributed by atoms with Gasteiger partial charge < -0.3 is 4.55 Å². The SMILES string of the molecule is C/C(=N\[S@+]([O-])C(C)(C)C)c1sc2c(C)cccc2c1F. The van der Waals surface area contributed by atoms with Crippen LogP contribution < -0.4 is 0 Å². The Balaban J connectivity index is 2.51. The predicted molar refractivity (Wildman–Crippen MR) is 86.6 cm³/mol. The van der Waals surface area contributed by atoms with Gasteiger partial charge in [-0.1, -0.05) is 22.6 Å². The molecule has 1 heterocycles. The predicted octanol–water partition coefficient (Wildman–Crippen LogP) is 4.62. The second-order valence-corrected chi connectivity index (χ2v) is 8.66. The summed E-state index contributed by atoms with van der Waals surface area (Å²) in [5.41, 5.74) is 1.54. The molecule has 1 aromatic carbocycles. The highest BCUT2D eigenvalue weighted by molar-refractivity contribution is 7.91. The van der Waals surface area contributed by atoms with E-state index in [1.807, 2.05) is 39.8 Å². The van der Waals surface area contributed by atoms with E-state index < -0.39 is 16.1 Å². The van der Waals surface area contributed by atoms with Gasteiger partial charge in [-0.2, -0.15) is 0 Å². The summed E-state index contributed by atoms with van der Waals surface area (Å²) >= 11 is -0.00423. The number of thiophene rings is 1. The summed E-state index contributed by atoms with van der Waals surface area (Å²) in [7, 11) is 0. The van der Waals surface area contributed by atoms with Gasteiger partial charge in [0.2, 0.25) is 0 Å². The molecule has 5 heteroatoms. The van der Waals surface area contributed by atoms with E-state index in [9.17, 15) is 8.94 Å². The summed E-state index contributed by atoms with van der Waals surface area (Å²) < 4.78 is 31.1. The Morgan fingerprint density at radius 1 is 1.35 bits per heavy atom. The number of halogens is 1. The molecule has 0 amide bonds. The number of rotatable bonds is 2. The van der Waals surface area contributed by atoms with Crippen molar-refractivity contribution >= 4 is 38.5 Å². The van der Waals surface area contributed by atoms with Crippen molar-refractivity contribution in [3.05, 3.63) is 34.5 Å². The third-order valence-electron chi connectivity index (χ3n) is 2.92. The average molecular weight is 311 g/mol. The highest BCUT2D eigenvalue weighted by atomic mass is 32.2. The lowest BCUT2D eigenvalue weighted by atomic mass is 10.1. The fourth-order valence-electron chi connectivity index (χ4n) is 1.77. The Hall–Kier alpha value is -0.910. The van der Waals surface area contributed by atoms with E-state index in [0.717, 1.165) is 10.3 Å². The molecule has 0 aliphatic carbocycles. The van der Waals surface area contributed by atoms with E-state index in [4.69, 9.17) is 0 Å². The quantitative estimate of drug-likeness (QED) is 0.589. The number of fused-ring (bicyclic) bond motifs is 1. The number of hydrogen-bond donors (Lipinski definition) is 0. The smallest absolute Gasteiger partial charge is 0.151 e. The van der Waals surface area contributed by atoms with Gasteiger partial charge in [-0.15, -0.1) is 11.3 Å². The van der Waals surface area contributed by atoms with Crippen LogP contribution in [-0.2, 0) is 11.4 Å². The van der Waals surface area contributed by atoms with Crippen molar-refractivity contribution in [2.45, 2.75) is 39.4 Å². The number of nitrogens with zero attached hydrogens (tertiary/aromatic N) is 1. The highest BCUT2D eigenvalue weighted by Gasteiger charge is 2.27. The van der Waals surface area contributed by atoms with Gasteiger partial charge in [0.1, 0.15) is 21.8 Å². The van der Waals surface area contributed by atoms with Crippen molar-refractivity contribution in [3.63, 3.8) is 0 Å². The Bertz CT molecular complexity index is 670. The molecule has 2 aromatic rings. The van der Waals surface area contributed by atoms with Gasteiger partial charge in [0.25, 0.3) is 0 Å². The molecule has 0 aliphatic rings. The van der Waals surface area contributed by atoms with E-state index in [2.05, 4.69) is 4.40 Å². The molecule has 0 unspecified atom stereocenters. The first kappa shape index (κ1) is 15.5. The van der Waals surface area contributed by atoms with E-state index in [0.29, 0.717) is 16.0 Å². The van der Waals surface area contributed by atoms with Gasteiger partial charge in [0.15, 0.2) is 5.82 Å². The monoisotopic (exact) mass is 311 g/mol. The third-order valence-corrected chi connectivity index (χ3v) is 5.84. The molecule has 20 heavy (non-hydrogen) atoms. The molecule has 2 nitrogen and oxygen atoms in total. The van der Waals surface area contributed by atoms with E-state index in [1.54, 1.807) is 13.0 Å². The molecular weight excluding hydrogens is 293 g/mol. The van der Waals surface area contributed by atoms with E-state index >= 15 is 0 Å². The average Bonchev–Trinajstić information content (AvgIpc) is 2.67. The minimum atomic E-state index is -1.38. The summed E-state index contributed by atoms with van der Waals surface area (Å²) in [5.74, 6) is -0.263. The lowest BCUT2D eigenvalue weighted by Gasteiger charge is -2.18. The summed E-state index contributed by atoms with van der Waals surface area (Å²) in [6.07, 6.45) is 0. The molecule has 108 valence electrons. The fraction of sp³-hybridized carbons (Fsp3) is 0.400. The lowest BCUT2D eigenvalue weighted by molar-refractivity contribution is 0.561. The van der Waals surface area contributed by atoms with Crippen LogP contribution in [0.4, 0.5) is 4.39 Å². The lowest BCUT2D eigenvalue weighted by Crippen LogP contribution is -2.26. The molecule has 2 rings (SSSR count). The highest BCUT2D eigenvalue weighted by Crippen LogP contribution is 2.33. The normalized spacial score (nSPS) is 14.8. The minimum absolute atomic E-state index is 0.263. The maximum Gasteiger partial charge on any atom is 0.151 e. The second kappa shape index (κ2) is 5.47. The molecule has 0 N–H and O–H groups in total. The van der Waals surface area contributed by atoms with Crippen molar-refractivity contribution in [2.24, 2.45) is 4.40 Å². The Morgan fingerprint density at radius 2 is 2.00 bits per heavy atom. The first-order chi connectivity index (χ1) is 9.21. The number of benzene rings is 1. The van der Waals surface area contributed by atoms with Gasteiger partial charge in [-0.05, 0) is 40.2 Å². The molecular formula is C15H18FNOS2. The summed E-state index contributed by atoms with van der Waals surface area (Å²) in [6, 6.07) is 5.57. The van der Waals surface area contributed by atoms with Crippen LogP contribution >= 0.6 is 11.3 Å². The van der Waals surface area contributed by atoms with Gasteiger partial charge in [-0.25, -0.2) is 4.39 Å². The maximum absolute atomic E-state index is 14.4. The first-order valence-corrected chi connectivity index (χ1v) is 8.29. The zero-order valence-electron chi connectivity index (χ0n) is 12.3. The van der Waals surface area contributed by atoms with Crippen molar-refractivity contribution in [2.75, 3.05) is 0 Å². The zero-order valence-corrected chi connectivity index (χ0v) is 13.9. The van der Waals surface area contributed by atoms with Crippen molar-refractivity contribution < 1.29 is 8.94 Å². The Kier molecular flexibility index (Phi) is 4.23. The van der Waals surface area contributed by atoms with Crippen molar-refractivity contribution in [1.82, 2.24) is 0 Å². The van der Waals surface area contributed by atoms with Crippen LogP contribution in [0, 0.1) is 12.7 Å². The number of aryl methyl sites for hydroxylation is 1. The maximum atomic E-state index is 14.4. The van der Waals surface area contributed by atoms with E-state index in [-0.39, 0.29) is 5.82 Å². The summed E-state index contributed by atoms with van der Waals surface area (Å²) in [4.78, 5) is 0.479. The molecule has 0 radical (unpaired) electrons. The topological polar surface area (TPSA) is 35.4 Å². The summed E-state index contributed by atoms with van der Waals surface area (Å²) in [6.45, 7) is 9.23. The van der Waals surface area contributed by atoms with Crippen LogP contribution in [0.3, 0.4) is 0 Å².